The van der Waals surface area contributed by atoms with Gasteiger partial charge in [-0.3, -0.25) is 0 Å². The first kappa shape index (κ1) is 11.9. The van der Waals surface area contributed by atoms with Gasteiger partial charge in [0, 0.05) is 6.07 Å². The Hall–Kier alpha value is -0.200. The molecule has 0 aliphatic heterocycles. The van der Waals surface area contributed by atoms with Crippen molar-refractivity contribution < 1.29 is 4.74 Å². The van der Waals surface area contributed by atoms with Gasteiger partial charge < -0.3 is 4.74 Å². The van der Waals surface area contributed by atoms with Gasteiger partial charge in [-0.2, -0.15) is 0 Å². The molecule has 0 atom stereocenters. The highest BCUT2D eigenvalue weighted by Gasteiger charge is 2.06. The summed E-state index contributed by atoms with van der Waals surface area (Å²) in [5.74, 6) is 3.07. The molecule has 0 aliphatic carbocycles. The minimum Gasteiger partial charge on any atom is -0.479 e. The molecule has 0 aliphatic rings. The van der Waals surface area contributed by atoms with E-state index in [4.69, 9.17) is 39.5 Å². The maximum absolute atomic E-state index is 5.85. The second-order valence-electron chi connectivity index (χ2n) is 2.27. The molecule has 74 valence electrons. The number of hydrogen-bond donors (Lipinski definition) is 1. The minimum absolute atomic E-state index is 0.210. The maximum atomic E-state index is 5.85. The maximum Gasteiger partial charge on any atom is 0.150 e. The summed E-state index contributed by atoms with van der Waals surface area (Å²) in [6.45, 7) is 0.210. The van der Waals surface area contributed by atoms with E-state index >= 15 is 0 Å². The van der Waals surface area contributed by atoms with Crippen molar-refractivity contribution in [3.8, 4) is 16.9 Å². The van der Waals surface area contributed by atoms with E-state index in [1.165, 1.54) is 6.07 Å². The fourth-order valence-corrected chi connectivity index (χ4v) is 1.42. The van der Waals surface area contributed by atoms with Crippen LogP contribution in [-0.4, -0.2) is 6.61 Å². The first-order valence-electron chi connectivity index (χ1n) is 3.54. The average molecular weight is 268 g/mol. The molecule has 5 heteroatoms. The van der Waals surface area contributed by atoms with Crippen molar-refractivity contribution in [1.82, 2.24) is 0 Å². The highest BCUT2D eigenvalue weighted by Crippen LogP contribution is 2.33. The molecular formula is C9H5Cl3OS. The van der Waals surface area contributed by atoms with Crippen molar-refractivity contribution in [2.75, 3.05) is 6.61 Å². The second kappa shape index (κ2) is 5.63. The van der Waals surface area contributed by atoms with Crippen molar-refractivity contribution in [3.63, 3.8) is 0 Å². The lowest BCUT2D eigenvalue weighted by Crippen LogP contribution is -1.94. The smallest absolute Gasteiger partial charge is 0.150 e. The summed E-state index contributed by atoms with van der Waals surface area (Å²) in [6, 6.07) is 3.07. The first-order chi connectivity index (χ1) is 6.65. The van der Waals surface area contributed by atoms with Gasteiger partial charge >= 0.3 is 0 Å². The molecule has 0 amide bonds. The Bertz CT molecular complexity index is 395. The Morgan fingerprint density at radius 3 is 2.43 bits per heavy atom. The number of ether oxygens (including phenoxy) is 1. The Balaban J connectivity index is 2.85. The van der Waals surface area contributed by atoms with Crippen LogP contribution in [-0.2, 0) is 0 Å². The molecule has 0 bridgehead atoms. The SMILES string of the molecule is SC#CCOc1cc(Cl)c(Cl)cc1Cl. The topological polar surface area (TPSA) is 9.23 Å². The van der Waals surface area contributed by atoms with Gasteiger partial charge in [0.2, 0.25) is 0 Å². The molecule has 0 unspecified atom stereocenters. The van der Waals surface area contributed by atoms with E-state index in [9.17, 15) is 0 Å². The zero-order chi connectivity index (χ0) is 10.6. The monoisotopic (exact) mass is 266 g/mol. The molecule has 14 heavy (non-hydrogen) atoms. The van der Waals surface area contributed by atoms with Crippen LogP contribution in [0, 0.1) is 11.2 Å². The second-order valence-corrected chi connectivity index (χ2v) is 3.72. The van der Waals surface area contributed by atoms with Crippen molar-refractivity contribution in [3.05, 3.63) is 27.2 Å². The van der Waals surface area contributed by atoms with E-state index < -0.39 is 0 Å². The van der Waals surface area contributed by atoms with Crippen LogP contribution >= 0.6 is 47.4 Å². The molecule has 0 saturated carbocycles. The third-order valence-electron chi connectivity index (χ3n) is 1.35. The number of benzene rings is 1. The molecule has 0 spiro atoms. The van der Waals surface area contributed by atoms with Crippen molar-refractivity contribution >= 4 is 47.4 Å². The van der Waals surface area contributed by atoms with Crippen molar-refractivity contribution in [1.29, 1.82) is 0 Å². The number of halogens is 3. The molecule has 0 aromatic heterocycles. The zero-order valence-electron chi connectivity index (χ0n) is 6.85. The van der Waals surface area contributed by atoms with Crippen molar-refractivity contribution in [2.45, 2.75) is 0 Å². The highest BCUT2D eigenvalue weighted by atomic mass is 35.5. The van der Waals surface area contributed by atoms with Gasteiger partial charge in [-0.1, -0.05) is 53.4 Å². The Labute approximate surface area is 103 Å². The van der Waals surface area contributed by atoms with E-state index in [1.54, 1.807) is 6.07 Å². The van der Waals surface area contributed by atoms with Crippen LogP contribution in [0.4, 0.5) is 0 Å². The standard InChI is InChI=1S/C9H5Cl3OS/c10-6-4-8(12)9(5-7(6)11)13-2-1-3-14/h4-5,14H,2H2. The summed E-state index contributed by atoms with van der Waals surface area (Å²) in [5, 5.41) is 3.59. The zero-order valence-corrected chi connectivity index (χ0v) is 10.0. The predicted octanol–water partition coefficient (Wildman–Crippen LogP) is 3.92. The minimum atomic E-state index is 0.210. The van der Waals surface area contributed by atoms with E-state index in [2.05, 4.69) is 23.8 Å². The molecule has 1 aromatic carbocycles. The summed E-state index contributed by atoms with van der Waals surface area (Å²) < 4.78 is 5.22. The summed E-state index contributed by atoms with van der Waals surface area (Å²) in [4.78, 5) is 0. The quantitative estimate of drug-likeness (QED) is 0.485. The van der Waals surface area contributed by atoms with Crippen LogP contribution in [0.5, 0.6) is 5.75 Å². The van der Waals surface area contributed by atoms with Gasteiger partial charge in [-0.05, 0) is 11.3 Å². The fourth-order valence-electron chi connectivity index (χ4n) is 0.761. The summed E-state index contributed by atoms with van der Waals surface area (Å²) in [5.41, 5.74) is 0. The highest BCUT2D eigenvalue weighted by molar-refractivity contribution is 7.85. The molecule has 0 N–H and O–H groups in total. The van der Waals surface area contributed by atoms with Crippen LogP contribution in [0.25, 0.3) is 0 Å². The lowest BCUT2D eigenvalue weighted by molar-refractivity contribution is 0.370. The molecule has 1 aromatic rings. The van der Waals surface area contributed by atoms with Gasteiger partial charge in [0.15, 0.2) is 0 Å². The van der Waals surface area contributed by atoms with Crippen LogP contribution in [0.2, 0.25) is 15.1 Å². The van der Waals surface area contributed by atoms with Gasteiger partial charge in [0.25, 0.3) is 0 Å². The third kappa shape index (κ3) is 3.18. The first-order valence-corrected chi connectivity index (χ1v) is 5.12. The summed E-state index contributed by atoms with van der Waals surface area (Å²) in [6.07, 6.45) is 0. The molecule has 0 heterocycles. The van der Waals surface area contributed by atoms with Gasteiger partial charge in [0.05, 0.1) is 15.1 Å². The average Bonchev–Trinajstić information content (AvgIpc) is 2.14. The molecular weight excluding hydrogens is 263 g/mol. The Morgan fingerprint density at radius 2 is 1.79 bits per heavy atom. The molecule has 1 nitrogen and oxygen atoms in total. The Morgan fingerprint density at radius 1 is 1.14 bits per heavy atom. The molecule has 0 radical (unpaired) electrons. The fraction of sp³-hybridized carbons (Fsp3) is 0.111. The van der Waals surface area contributed by atoms with E-state index in [0.29, 0.717) is 20.8 Å². The number of hydrogen-bond acceptors (Lipinski definition) is 2. The normalized spacial score (nSPS) is 9.14. The van der Waals surface area contributed by atoms with Crippen LogP contribution < -0.4 is 4.74 Å². The van der Waals surface area contributed by atoms with Gasteiger partial charge in [-0.15, -0.1) is 0 Å². The largest absolute Gasteiger partial charge is 0.479 e. The number of thiol groups is 1. The van der Waals surface area contributed by atoms with E-state index in [0.717, 1.165) is 0 Å². The lowest BCUT2D eigenvalue weighted by atomic mass is 10.3. The summed E-state index contributed by atoms with van der Waals surface area (Å²) >= 11 is 21.1. The van der Waals surface area contributed by atoms with Crippen LogP contribution in [0.3, 0.4) is 0 Å². The van der Waals surface area contributed by atoms with E-state index in [1.807, 2.05) is 0 Å². The number of rotatable bonds is 2. The summed E-state index contributed by atoms with van der Waals surface area (Å²) in [7, 11) is 0. The Kier molecular flexibility index (Phi) is 4.77. The van der Waals surface area contributed by atoms with Gasteiger partial charge in [-0.25, -0.2) is 0 Å². The molecule has 0 fully saturated rings. The third-order valence-corrected chi connectivity index (χ3v) is 2.53. The van der Waals surface area contributed by atoms with Crippen LogP contribution in [0.1, 0.15) is 0 Å². The van der Waals surface area contributed by atoms with Gasteiger partial charge in [0.1, 0.15) is 12.4 Å². The van der Waals surface area contributed by atoms with E-state index in [-0.39, 0.29) is 6.61 Å². The predicted molar refractivity (Wildman–Crippen MR) is 63.7 cm³/mol. The molecule has 1 rings (SSSR count). The molecule has 0 saturated heterocycles. The van der Waals surface area contributed by atoms with Crippen LogP contribution in [0.15, 0.2) is 12.1 Å². The lowest BCUT2D eigenvalue weighted by Gasteiger charge is -2.05. The van der Waals surface area contributed by atoms with Crippen molar-refractivity contribution in [2.24, 2.45) is 0 Å².